The number of imidazole rings is 1. The van der Waals surface area contributed by atoms with E-state index in [1.165, 1.54) is 0 Å². The van der Waals surface area contributed by atoms with E-state index < -0.39 is 0 Å². The van der Waals surface area contributed by atoms with Gasteiger partial charge >= 0.3 is 0 Å². The zero-order valence-electron chi connectivity index (χ0n) is 15.0. The molecule has 1 aliphatic heterocycles. The molecule has 2 aromatic rings. The van der Waals surface area contributed by atoms with Crippen molar-refractivity contribution in [1.29, 1.82) is 0 Å². The number of benzene rings is 1. The number of likely N-dealkylation sites (tertiary alicyclic amines) is 1. The Balaban J connectivity index is 1.75. The van der Waals surface area contributed by atoms with Crippen LogP contribution in [-0.2, 0) is 13.6 Å². The van der Waals surface area contributed by atoms with Gasteiger partial charge in [0.15, 0.2) is 5.96 Å². The molecule has 124 valence electrons. The number of hydrogen-bond donors (Lipinski definition) is 1. The van der Waals surface area contributed by atoms with Gasteiger partial charge in [0.1, 0.15) is 5.82 Å². The molecule has 0 aliphatic carbocycles. The highest BCUT2D eigenvalue weighted by Crippen LogP contribution is 2.46. The number of guanidine groups is 1. The summed E-state index contributed by atoms with van der Waals surface area (Å²) >= 11 is 0. The normalized spacial score (nSPS) is 19.7. The number of aromatic nitrogens is 2. The first-order chi connectivity index (χ1) is 10.8. The molecule has 0 spiro atoms. The molecule has 5 nitrogen and oxygen atoms in total. The summed E-state index contributed by atoms with van der Waals surface area (Å²) in [7, 11) is 3.91. The van der Waals surface area contributed by atoms with E-state index in [9.17, 15) is 0 Å². The molecule has 2 heterocycles. The lowest BCUT2D eigenvalue weighted by Crippen LogP contribution is -2.72. The first kappa shape index (κ1) is 15.8. The lowest BCUT2D eigenvalue weighted by atomic mass is 9.65. The zero-order chi connectivity index (χ0) is 16.8. The van der Waals surface area contributed by atoms with Crippen LogP contribution in [0.2, 0.25) is 0 Å². The Morgan fingerprint density at radius 1 is 1.26 bits per heavy atom. The van der Waals surface area contributed by atoms with E-state index in [2.05, 4.69) is 66.7 Å². The Bertz CT molecular complexity index is 754. The maximum atomic E-state index is 4.71. The van der Waals surface area contributed by atoms with Crippen LogP contribution in [0.25, 0.3) is 11.0 Å². The van der Waals surface area contributed by atoms with Crippen molar-refractivity contribution in [3.8, 4) is 0 Å². The molecule has 0 amide bonds. The molecule has 1 N–H and O–H groups in total. The lowest BCUT2D eigenvalue weighted by Gasteiger charge is -2.62. The zero-order valence-corrected chi connectivity index (χ0v) is 15.0. The van der Waals surface area contributed by atoms with E-state index in [4.69, 9.17) is 4.98 Å². The highest BCUT2D eigenvalue weighted by molar-refractivity contribution is 5.82. The average molecular weight is 313 g/mol. The highest BCUT2D eigenvalue weighted by Gasteiger charge is 2.53. The van der Waals surface area contributed by atoms with Crippen molar-refractivity contribution >= 4 is 17.0 Å². The second kappa shape index (κ2) is 5.25. The molecule has 3 rings (SSSR count). The van der Waals surface area contributed by atoms with Crippen LogP contribution in [0, 0.1) is 5.41 Å². The minimum atomic E-state index is 0.0984. The summed E-state index contributed by atoms with van der Waals surface area (Å²) in [6, 6.07) is 8.22. The Kier molecular flexibility index (Phi) is 3.62. The molecule has 0 bridgehead atoms. The van der Waals surface area contributed by atoms with Crippen LogP contribution < -0.4 is 5.32 Å². The number of aryl methyl sites for hydroxylation is 1. The molecule has 0 atom stereocenters. The van der Waals surface area contributed by atoms with Crippen LogP contribution in [0.3, 0.4) is 0 Å². The van der Waals surface area contributed by atoms with Gasteiger partial charge in [-0.25, -0.2) is 4.98 Å². The van der Waals surface area contributed by atoms with Crippen molar-refractivity contribution in [3.05, 3.63) is 30.1 Å². The molecule has 1 fully saturated rings. The summed E-state index contributed by atoms with van der Waals surface area (Å²) in [6.45, 7) is 10.9. The average Bonchev–Trinajstić information content (AvgIpc) is 2.83. The molecule has 1 aromatic carbocycles. The van der Waals surface area contributed by atoms with Gasteiger partial charge < -0.3 is 14.8 Å². The third kappa shape index (κ3) is 2.38. The van der Waals surface area contributed by atoms with Crippen LogP contribution in [0.1, 0.15) is 33.5 Å². The number of nitrogens with one attached hydrogen (secondary N) is 1. The first-order valence-electron chi connectivity index (χ1n) is 8.16. The number of para-hydroxylation sites is 2. The molecule has 1 saturated heterocycles. The minimum Gasteiger partial charge on any atom is -0.349 e. The molecule has 0 saturated carbocycles. The van der Waals surface area contributed by atoms with Crippen molar-refractivity contribution in [2.45, 2.75) is 39.8 Å². The van der Waals surface area contributed by atoms with Gasteiger partial charge in [-0.05, 0) is 26.0 Å². The molecule has 1 aromatic heterocycles. The summed E-state index contributed by atoms with van der Waals surface area (Å²) in [5, 5.41) is 3.48. The summed E-state index contributed by atoms with van der Waals surface area (Å²) < 4.78 is 2.14. The number of rotatable bonds is 2. The lowest BCUT2D eigenvalue weighted by molar-refractivity contribution is -0.0668. The Labute approximate surface area is 138 Å². The Hall–Kier alpha value is -2.04. The predicted molar refractivity (Wildman–Crippen MR) is 95.5 cm³/mol. The highest BCUT2D eigenvalue weighted by atomic mass is 15.4. The third-order valence-corrected chi connectivity index (χ3v) is 5.64. The largest absolute Gasteiger partial charge is 0.349 e. The minimum absolute atomic E-state index is 0.0984. The van der Waals surface area contributed by atoms with Gasteiger partial charge in [-0.2, -0.15) is 0 Å². The van der Waals surface area contributed by atoms with Gasteiger partial charge in [-0.1, -0.05) is 26.0 Å². The summed E-state index contributed by atoms with van der Waals surface area (Å²) in [5.74, 6) is 1.96. The van der Waals surface area contributed by atoms with E-state index >= 15 is 0 Å². The summed E-state index contributed by atoms with van der Waals surface area (Å²) in [5.41, 5.74) is 2.58. The van der Waals surface area contributed by atoms with Gasteiger partial charge in [0.25, 0.3) is 0 Å². The van der Waals surface area contributed by atoms with Crippen molar-refractivity contribution < 1.29 is 0 Å². The molecule has 0 unspecified atom stereocenters. The molecule has 0 radical (unpaired) electrons. The topological polar surface area (TPSA) is 45.5 Å². The second-order valence-electron chi connectivity index (χ2n) is 7.51. The van der Waals surface area contributed by atoms with Gasteiger partial charge in [0, 0.05) is 31.6 Å². The monoisotopic (exact) mass is 313 g/mol. The van der Waals surface area contributed by atoms with Crippen molar-refractivity contribution in [2.75, 3.05) is 13.6 Å². The van der Waals surface area contributed by atoms with Crippen LogP contribution in [-0.4, -0.2) is 39.5 Å². The molecular formula is C18H27N5. The standard InChI is InChI=1S/C18H27N5/c1-17(2)12-23(18(17,3)4)16(19-5)20-11-15-21-13-9-7-8-10-14(13)22(15)6/h7-10H,11-12H2,1-6H3,(H,19,20). The molecular weight excluding hydrogens is 286 g/mol. The fourth-order valence-electron chi connectivity index (χ4n) is 3.21. The van der Waals surface area contributed by atoms with E-state index in [0.717, 1.165) is 29.4 Å². The Morgan fingerprint density at radius 3 is 2.52 bits per heavy atom. The Morgan fingerprint density at radius 2 is 1.96 bits per heavy atom. The van der Waals surface area contributed by atoms with Crippen LogP contribution in [0.15, 0.2) is 29.3 Å². The predicted octanol–water partition coefficient (Wildman–Crippen LogP) is 2.77. The van der Waals surface area contributed by atoms with Crippen LogP contribution in [0.5, 0.6) is 0 Å². The summed E-state index contributed by atoms with van der Waals surface area (Å²) in [4.78, 5) is 11.5. The number of nitrogens with zero attached hydrogens (tertiary/aromatic N) is 4. The fourth-order valence-corrected chi connectivity index (χ4v) is 3.21. The second-order valence-corrected chi connectivity index (χ2v) is 7.51. The van der Waals surface area contributed by atoms with Crippen molar-refractivity contribution in [3.63, 3.8) is 0 Å². The van der Waals surface area contributed by atoms with E-state index in [0.29, 0.717) is 12.0 Å². The van der Waals surface area contributed by atoms with Crippen LogP contribution >= 0.6 is 0 Å². The first-order valence-corrected chi connectivity index (χ1v) is 8.16. The van der Waals surface area contributed by atoms with E-state index in [-0.39, 0.29) is 5.54 Å². The van der Waals surface area contributed by atoms with Crippen LogP contribution in [0.4, 0.5) is 0 Å². The number of hydrogen-bond acceptors (Lipinski definition) is 2. The van der Waals surface area contributed by atoms with E-state index in [1.807, 2.05) is 19.2 Å². The molecule has 23 heavy (non-hydrogen) atoms. The smallest absolute Gasteiger partial charge is 0.194 e. The SMILES string of the molecule is CN=C(NCc1nc2ccccc2n1C)N1CC(C)(C)C1(C)C. The van der Waals surface area contributed by atoms with Gasteiger partial charge in [-0.15, -0.1) is 0 Å². The molecule has 1 aliphatic rings. The van der Waals surface area contributed by atoms with E-state index in [1.54, 1.807) is 0 Å². The molecule has 5 heteroatoms. The quantitative estimate of drug-likeness (QED) is 0.685. The third-order valence-electron chi connectivity index (χ3n) is 5.64. The van der Waals surface area contributed by atoms with Gasteiger partial charge in [0.2, 0.25) is 0 Å². The number of aliphatic imine (C=N–C) groups is 1. The van der Waals surface area contributed by atoms with Crippen molar-refractivity contribution in [1.82, 2.24) is 19.8 Å². The van der Waals surface area contributed by atoms with Gasteiger partial charge in [-0.3, -0.25) is 4.99 Å². The van der Waals surface area contributed by atoms with Gasteiger partial charge in [0.05, 0.1) is 17.6 Å². The number of fused-ring (bicyclic) bond motifs is 1. The maximum absolute atomic E-state index is 4.71. The fraction of sp³-hybridized carbons (Fsp3) is 0.556. The summed E-state index contributed by atoms with van der Waals surface area (Å²) in [6.07, 6.45) is 0. The van der Waals surface area contributed by atoms with Crippen molar-refractivity contribution in [2.24, 2.45) is 17.5 Å². The maximum Gasteiger partial charge on any atom is 0.194 e.